The zero-order valence-corrected chi connectivity index (χ0v) is 16.5. The molecule has 2 N–H and O–H groups in total. The van der Waals surface area contributed by atoms with Crippen LogP contribution in [0, 0.1) is 5.92 Å². The summed E-state index contributed by atoms with van der Waals surface area (Å²) in [6, 6.07) is 3.43. The Morgan fingerprint density at radius 2 is 2.18 bits per heavy atom. The number of nitrogens with two attached hydrogens (primary N) is 1. The molecule has 1 atom stereocenters. The first-order valence-electron chi connectivity index (χ1n) is 10.1. The summed E-state index contributed by atoms with van der Waals surface area (Å²) >= 11 is 0. The Bertz CT molecular complexity index is 845. The normalized spacial score (nSPS) is 19.0. The van der Waals surface area contributed by atoms with Gasteiger partial charge in [0.2, 0.25) is 0 Å². The monoisotopic (exact) mass is 384 g/mol. The topological polar surface area (TPSA) is 99.2 Å². The van der Waals surface area contributed by atoms with E-state index in [0.717, 1.165) is 30.9 Å². The molecule has 0 unspecified atom stereocenters. The predicted octanol–water partition coefficient (Wildman–Crippen LogP) is 2.13. The molecule has 3 heterocycles. The molecular formula is C20H28N6O2. The Kier molecular flexibility index (Phi) is 5.30. The maximum absolute atomic E-state index is 13.4. The molecule has 2 aromatic rings. The summed E-state index contributed by atoms with van der Waals surface area (Å²) in [6.45, 7) is 6.30. The third kappa shape index (κ3) is 3.73. The van der Waals surface area contributed by atoms with Gasteiger partial charge in [-0.25, -0.2) is 14.6 Å². The molecular weight excluding hydrogens is 356 g/mol. The maximum atomic E-state index is 13.4. The Balaban J connectivity index is 1.65. The van der Waals surface area contributed by atoms with Crippen LogP contribution in [0.5, 0.6) is 5.75 Å². The van der Waals surface area contributed by atoms with Crippen LogP contribution in [0.2, 0.25) is 0 Å². The molecule has 1 aliphatic carbocycles. The zero-order valence-electron chi connectivity index (χ0n) is 16.5. The van der Waals surface area contributed by atoms with Crippen LogP contribution < -0.4 is 10.5 Å². The van der Waals surface area contributed by atoms with E-state index >= 15 is 0 Å². The molecule has 8 nitrogen and oxygen atoms in total. The van der Waals surface area contributed by atoms with E-state index in [4.69, 9.17) is 20.6 Å². The summed E-state index contributed by atoms with van der Waals surface area (Å²) in [6.07, 6.45) is 4.78. The number of rotatable bonds is 7. The lowest BCUT2D eigenvalue weighted by atomic mass is 9.99. The van der Waals surface area contributed by atoms with E-state index in [9.17, 15) is 4.79 Å². The van der Waals surface area contributed by atoms with Gasteiger partial charge in [0.05, 0.1) is 12.6 Å². The molecule has 4 rings (SSSR count). The summed E-state index contributed by atoms with van der Waals surface area (Å²) in [5.74, 6) is 3.10. The second-order valence-electron chi connectivity index (χ2n) is 7.96. The summed E-state index contributed by atoms with van der Waals surface area (Å²) in [5.41, 5.74) is 5.88. The van der Waals surface area contributed by atoms with Gasteiger partial charge in [-0.05, 0) is 37.3 Å². The lowest BCUT2D eigenvalue weighted by Gasteiger charge is -2.36. The molecule has 2 aliphatic rings. The molecule has 8 heteroatoms. The van der Waals surface area contributed by atoms with E-state index in [0.29, 0.717) is 49.5 Å². The van der Waals surface area contributed by atoms with E-state index in [1.807, 2.05) is 9.58 Å². The smallest absolute Gasteiger partial charge is 0.276 e. The number of fused-ring (bicyclic) bond motifs is 1. The van der Waals surface area contributed by atoms with Crippen molar-refractivity contribution in [3.05, 3.63) is 35.7 Å². The number of ether oxygens (including phenoxy) is 1. The molecule has 1 aliphatic heterocycles. The van der Waals surface area contributed by atoms with Crippen LogP contribution in [-0.2, 0) is 6.54 Å². The van der Waals surface area contributed by atoms with Crippen molar-refractivity contribution >= 4 is 5.91 Å². The molecule has 2 aromatic heterocycles. The maximum Gasteiger partial charge on any atom is 0.276 e. The number of carbonyl (C=O) groups excluding carboxylic acids is 1. The van der Waals surface area contributed by atoms with Crippen molar-refractivity contribution < 1.29 is 9.53 Å². The van der Waals surface area contributed by atoms with E-state index < -0.39 is 0 Å². The highest BCUT2D eigenvalue weighted by Gasteiger charge is 2.38. The molecule has 1 amide bonds. The number of aromatic nitrogens is 4. The van der Waals surface area contributed by atoms with Gasteiger partial charge in [0, 0.05) is 25.2 Å². The fourth-order valence-corrected chi connectivity index (χ4v) is 3.69. The Hall–Kier alpha value is -2.48. The van der Waals surface area contributed by atoms with E-state index in [-0.39, 0.29) is 11.9 Å². The van der Waals surface area contributed by atoms with Gasteiger partial charge in [0.15, 0.2) is 17.3 Å². The molecule has 1 saturated carbocycles. The third-order valence-corrected chi connectivity index (χ3v) is 5.19. The van der Waals surface area contributed by atoms with Gasteiger partial charge in [-0.2, -0.15) is 5.10 Å². The molecule has 0 spiro atoms. The highest BCUT2D eigenvalue weighted by atomic mass is 16.5. The van der Waals surface area contributed by atoms with Crippen molar-refractivity contribution in [2.45, 2.75) is 51.6 Å². The Morgan fingerprint density at radius 3 is 2.89 bits per heavy atom. The van der Waals surface area contributed by atoms with Gasteiger partial charge in [-0.15, -0.1) is 0 Å². The molecule has 0 aromatic carbocycles. The predicted molar refractivity (Wildman–Crippen MR) is 104 cm³/mol. The summed E-state index contributed by atoms with van der Waals surface area (Å²) in [5, 5.41) is 4.71. The number of hydrogen-bond donors (Lipinski definition) is 1. The first-order valence-corrected chi connectivity index (χ1v) is 10.1. The Morgan fingerprint density at radius 1 is 1.36 bits per heavy atom. The zero-order chi connectivity index (χ0) is 19.7. The van der Waals surface area contributed by atoms with E-state index in [1.165, 1.54) is 0 Å². The van der Waals surface area contributed by atoms with Gasteiger partial charge in [-0.1, -0.05) is 13.8 Å². The number of nitrogens with zero attached hydrogens (tertiary/aromatic N) is 5. The largest absolute Gasteiger partial charge is 0.490 e. The van der Waals surface area contributed by atoms with Crippen molar-refractivity contribution in [1.29, 1.82) is 0 Å². The van der Waals surface area contributed by atoms with Crippen molar-refractivity contribution in [2.75, 3.05) is 19.7 Å². The van der Waals surface area contributed by atoms with Crippen LogP contribution >= 0.6 is 0 Å². The number of carbonyl (C=O) groups is 1. The van der Waals surface area contributed by atoms with Gasteiger partial charge >= 0.3 is 0 Å². The van der Waals surface area contributed by atoms with Crippen LogP contribution in [0.1, 0.15) is 67.2 Å². The van der Waals surface area contributed by atoms with Crippen LogP contribution in [0.3, 0.4) is 0 Å². The number of hydrogen-bond acceptors (Lipinski definition) is 6. The first kappa shape index (κ1) is 18.9. The number of pyridine rings is 1. The Labute approximate surface area is 165 Å². The van der Waals surface area contributed by atoms with Crippen molar-refractivity contribution in [3.8, 4) is 5.75 Å². The average molecular weight is 384 g/mol. The van der Waals surface area contributed by atoms with Gasteiger partial charge in [0.1, 0.15) is 12.4 Å². The molecule has 1 fully saturated rings. The molecule has 0 saturated heterocycles. The average Bonchev–Trinajstić information content (AvgIpc) is 3.45. The molecule has 0 radical (unpaired) electrons. The van der Waals surface area contributed by atoms with E-state index in [2.05, 4.69) is 18.8 Å². The molecule has 28 heavy (non-hydrogen) atoms. The van der Waals surface area contributed by atoms with Gasteiger partial charge in [-0.3, -0.25) is 4.79 Å². The van der Waals surface area contributed by atoms with Crippen LogP contribution in [-0.4, -0.2) is 50.3 Å². The molecule has 150 valence electrons. The minimum atomic E-state index is -0.125. The summed E-state index contributed by atoms with van der Waals surface area (Å²) < 4.78 is 7.65. The second-order valence-corrected chi connectivity index (χ2v) is 7.96. The lowest BCUT2D eigenvalue weighted by molar-refractivity contribution is 0.0568. The van der Waals surface area contributed by atoms with Gasteiger partial charge < -0.3 is 15.4 Å². The quantitative estimate of drug-likeness (QED) is 0.785. The number of amides is 1. The highest BCUT2D eigenvalue weighted by molar-refractivity contribution is 5.95. The summed E-state index contributed by atoms with van der Waals surface area (Å²) in [4.78, 5) is 24.5. The van der Waals surface area contributed by atoms with Crippen molar-refractivity contribution in [3.63, 3.8) is 0 Å². The third-order valence-electron chi connectivity index (χ3n) is 5.19. The minimum absolute atomic E-state index is 0.106. The molecule has 0 bridgehead atoms. The fraction of sp³-hybridized carbons (Fsp3) is 0.600. The standard InChI is InChI=1S/C20H28N6O2/c1-13(2)12-15-19-23-18(14-5-6-14)24-26(19)10-9-25(15)20(27)17-16(28-11-7-21)4-3-8-22-17/h3-4,8,13-15H,5-7,9-12,21H2,1-2H3/t15-/m0/s1. The fourth-order valence-electron chi connectivity index (χ4n) is 3.69. The van der Waals surface area contributed by atoms with Gasteiger partial charge in [0.25, 0.3) is 5.91 Å². The van der Waals surface area contributed by atoms with Crippen LogP contribution in [0.15, 0.2) is 18.3 Å². The van der Waals surface area contributed by atoms with Crippen LogP contribution in [0.4, 0.5) is 0 Å². The highest BCUT2D eigenvalue weighted by Crippen LogP contribution is 2.40. The van der Waals surface area contributed by atoms with Crippen molar-refractivity contribution in [1.82, 2.24) is 24.6 Å². The summed E-state index contributed by atoms with van der Waals surface area (Å²) in [7, 11) is 0. The SMILES string of the molecule is CC(C)C[C@H]1c2nc(C3CC3)nn2CCN1C(=O)c1ncccc1OCCN. The van der Waals surface area contributed by atoms with Crippen molar-refractivity contribution in [2.24, 2.45) is 11.7 Å². The van der Waals surface area contributed by atoms with Crippen LogP contribution in [0.25, 0.3) is 0 Å². The minimum Gasteiger partial charge on any atom is -0.490 e. The second kappa shape index (κ2) is 7.87. The first-order chi connectivity index (χ1) is 13.6. The van der Waals surface area contributed by atoms with E-state index in [1.54, 1.807) is 18.3 Å². The lowest BCUT2D eigenvalue weighted by Crippen LogP contribution is -2.43.